The van der Waals surface area contributed by atoms with Crippen LogP contribution < -0.4 is 10.5 Å². The van der Waals surface area contributed by atoms with Gasteiger partial charge in [-0.2, -0.15) is 0 Å². The predicted molar refractivity (Wildman–Crippen MR) is 64.4 cm³/mol. The predicted octanol–water partition coefficient (Wildman–Crippen LogP) is 1.67. The van der Waals surface area contributed by atoms with Crippen molar-refractivity contribution < 1.29 is 9.84 Å². The maximum absolute atomic E-state index is 8.75. The smallest absolute Gasteiger partial charge is 0.124 e. The third-order valence-electron chi connectivity index (χ3n) is 2.55. The van der Waals surface area contributed by atoms with Crippen LogP contribution in [0.5, 0.6) is 5.75 Å². The van der Waals surface area contributed by atoms with Crippen molar-refractivity contribution in [1.29, 1.82) is 0 Å². The molecule has 0 bridgehead atoms. The summed E-state index contributed by atoms with van der Waals surface area (Å²) in [4.78, 5) is 0. The molecule has 3 nitrogen and oxygen atoms in total. The lowest BCUT2D eigenvalue weighted by Gasteiger charge is -2.12. The fraction of sp³-hybridized carbons (Fsp3) is 0.231. The summed E-state index contributed by atoms with van der Waals surface area (Å²) >= 11 is 0. The van der Waals surface area contributed by atoms with E-state index in [1.807, 2.05) is 36.4 Å². The molecular formula is C13H15NO2. The Morgan fingerprint density at radius 2 is 1.94 bits per heavy atom. The fourth-order valence-corrected chi connectivity index (χ4v) is 1.82. The molecule has 0 amide bonds. The molecule has 3 heteroatoms. The number of aliphatic hydroxyl groups excluding tert-OH is 1. The molecule has 0 aromatic heterocycles. The minimum absolute atomic E-state index is 0.0108. The minimum Gasteiger partial charge on any atom is -0.491 e. The van der Waals surface area contributed by atoms with Crippen molar-refractivity contribution in [2.24, 2.45) is 5.73 Å². The molecule has 0 aliphatic heterocycles. The third kappa shape index (κ3) is 2.01. The average molecular weight is 217 g/mol. The van der Waals surface area contributed by atoms with E-state index >= 15 is 0 Å². The molecule has 0 spiro atoms. The highest BCUT2D eigenvalue weighted by molar-refractivity contribution is 5.87. The molecule has 16 heavy (non-hydrogen) atoms. The van der Waals surface area contributed by atoms with Crippen LogP contribution in [0.15, 0.2) is 36.4 Å². The SMILES string of the molecule is NCc1c(OCCO)ccc2ccccc12. The van der Waals surface area contributed by atoms with Gasteiger partial charge >= 0.3 is 0 Å². The monoisotopic (exact) mass is 217 g/mol. The average Bonchev–Trinajstić information content (AvgIpc) is 2.35. The number of hydrogen-bond donors (Lipinski definition) is 2. The van der Waals surface area contributed by atoms with Gasteiger partial charge in [0.2, 0.25) is 0 Å². The highest BCUT2D eigenvalue weighted by atomic mass is 16.5. The Morgan fingerprint density at radius 1 is 1.12 bits per heavy atom. The molecule has 0 unspecified atom stereocenters. The highest BCUT2D eigenvalue weighted by Crippen LogP contribution is 2.27. The van der Waals surface area contributed by atoms with E-state index in [2.05, 4.69) is 0 Å². The van der Waals surface area contributed by atoms with E-state index in [-0.39, 0.29) is 6.61 Å². The summed E-state index contributed by atoms with van der Waals surface area (Å²) in [6.45, 7) is 0.740. The van der Waals surface area contributed by atoms with E-state index in [4.69, 9.17) is 15.6 Å². The van der Waals surface area contributed by atoms with Crippen molar-refractivity contribution in [3.63, 3.8) is 0 Å². The zero-order valence-electron chi connectivity index (χ0n) is 9.02. The second-order valence-corrected chi connectivity index (χ2v) is 3.54. The lowest BCUT2D eigenvalue weighted by atomic mass is 10.0. The number of rotatable bonds is 4. The maximum atomic E-state index is 8.75. The lowest BCUT2D eigenvalue weighted by molar-refractivity contribution is 0.200. The van der Waals surface area contributed by atoms with Crippen LogP contribution in [0.1, 0.15) is 5.56 Å². The molecule has 0 aliphatic carbocycles. The number of nitrogens with two attached hydrogens (primary N) is 1. The van der Waals surface area contributed by atoms with Crippen LogP contribution in [0.4, 0.5) is 0 Å². The van der Waals surface area contributed by atoms with E-state index in [0.717, 1.165) is 22.1 Å². The van der Waals surface area contributed by atoms with E-state index in [0.29, 0.717) is 13.2 Å². The largest absolute Gasteiger partial charge is 0.491 e. The van der Waals surface area contributed by atoms with Gasteiger partial charge in [0.1, 0.15) is 12.4 Å². The standard InChI is InChI=1S/C13H15NO2/c14-9-12-11-4-2-1-3-10(11)5-6-13(12)16-8-7-15/h1-6,15H,7-9,14H2. The molecular weight excluding hydrogens is 202 g/mol. The summed E-state index contributed by atoms with van der Waals surface area (Å²) in [5, 5.41) is 11.0. The zero-order valence-corrected chi connectivity index (χ0v) is 9.02. The minimum atomic E-state index is 0.0108. The number of fused-ring (bicyclic) bond motifs is 1. The molecule has 0 saturated carbocycles. The summed E-state index contributed by atoms with van der Waals surface area (Å²) < 4.78 is 5.46. The first-order valence-corrected chi connectivity index (χ1v) is 5.31. The van der Waals surface area contributed by atoms with Crippen molar-refractivity contribution in [2.45, 2.75) is 6.54 Å². The quantitative estimate of drug-likeness (QED) is 0.819. The number of aliphatic hydroxyl groups is 1. The third-order valence-corrected chi connectivity index (χ3v) is 2.55. The Bertz CT molecular complexity index is 482. The molecule has 84 valence electrons. The van der Waals surface area contributed by atoms with Gasteiger partial charge in [0.05, 0.1) is 6.61 Å². The van der Waals surface area contributed by atoms with Gasteiger partial charge in [-0.05, 0) is 16.8 Å². The first kappa shape index (κ1) is 10.9. The first-order valence-electron chi connectivity index (χ1n) is 5.31. The van der Waals surface area contributed by atoms with Crippen molar-refractivity contribution in [3.8, 4) is 5.75 Å². The molecule has 0 atom stereocenters. The van der Waals surface area contributed by atoms with Gasteiger partial charge in [0.15, 0.2) is 0 Å². The van der Waals surface area contributed by atoms with Gasteiger partial charge in [-0.3, -0.25) is 0 Å². The Labute approximate surface area is 94.5 Å². The molecule has 0 radical (unpaired) electrons. The van der Waals surface area contributed by atoms with Gasteiger partial charge in [-0.25, -0.2) is 0 Å². The molecule has 0 heterocycles. The molecule has 3 N–H and O–H groups in total. The molecule has 2 aromatic rings. The molecule has 2 rings (SSSR count). The number of benzene rings is 2. The van der Waals surface area contributed by atoms with Crippen LogP contribution >= 0.6 is 0 Å². The molecule has 2 aromatic carbocycles. The molecule has 0 saturated heterocycles. The summed E-state index contributed by atoms with van der Waals surface area (Å²) in [5.74, 6) is 0.759. The maximum Gasteiger partial charge on any atom is 0.124 e. The van der Waals surface area contributed by atoms with Crippen LogP contribution in [0.2, 0.25) is 0 Å². The van der Waals surface area contributed by atoms with Crippen molar-refractivity contribution in [2.75, 3.05) is 13.2 Å². The van der Waals surface area contributed by atoms with Crippen LogP contribution in [0.3, 0.4) is 0 Å². The normalized spacial score (nSPS) is 10.6. The van der Waals surface area contributed by atoms with E-state index in [1.165, 1.54) is 0 Å². The summed E-state index contributed by atoms with van der Waals surface area (Å²) in [6.07, 6.45) is 0. The Kier molecular flexibility index (Phi) is 3.39. The second kappa shape index (κ2) is 4.96. The topological polar surface area (TPSA) is 55.5 Å². The van der Waals surface area contributed by atoms with Gasteiger partial charge in [0.25, 0.3) is 0 Å². The fourth-order valence-electron chi connectivity index (χ4n) is 1.82. The first-order chi connectivity index (χ1) is 7.86. The van der Waals surface area contributed by atoms with Crippen LogP contribution in [0.25, 0.3) is 10.8 Å². The molecule has 0 aliphatic rings. The highest BCUT2D eigenvalue weighted by Gasteiger charge is 2.06. The van der Waals surface area contributed by atoms with E-state index in [9.17, 15) is 0 Å². The molecule has 0 fully saturated rings. The summed E-state index contributed by atoms with van der Waals surface area (Å²) in [7, 11) is 0. The summed E-state index contributed by atoms with van der Waals surface area (Å²) in [6, 6.07) is 12.0. The van der Waals surface area contributed by atoms with Crippen molar-refractivity contribution in [3.05, 3.63) is 42.0 Å². The summed E-state index contributed by atoms with van der Waals surface area (Å²) in [5.41, 5.74) is 6.74. The number of ether oxygens (including phenoxy) is 1. The van der Waals surface area contributed by atoms with Crippen LogP contribution in [-0.2, 0) is 6.54 Å². The Morgan fingerprint density at radius 3 is 2.69 bits per heavy atom. The zero-order chi connectivity index (χ0) is 11.4. The van der Waals surface area contributed by atoms with Crippen LogP contribution in [0, 0.1) is 0 Å². The second-order valence-electron chi connectivity index (χ2n) is 3.54. The van der Waals surface area contributed by atoms with Gasteiger partial charge in [-0.1, -0.05) is 30.3 Å². The van der Waals surface area contributed by atoms with Gasteiger partial charge < -0.3 is 15.6 Å². The van der Waals surface area contributed by atoms with Crippen LogP contribution in [-0.4, -0.2) is 18.3 Å². The van der Waals surface area contributed by atoms with Crippen molar-refractivity contribution in [1.82, 2.24) is 0 Å². The lowest BCUT2D eigenvalue weighted by Crippen LogP contribution is -2.06. The van der Waals surface area contributed by atoms with Gasteiger partial charge in [-0.15, -0.1) is 0 Å². The van der Waals surface area contributed by atoms with E-state index < -0.39 is 0 Å². The van der Waals surface area contributed by atoms with Crippen molar-refractivity contribution >= 4 is 10.8 Å². The Balaban J connectivity index is 2.50. The number of hydrogen-bond acceptors (Lipinski definition) is 3. The van der Waals surface area contributed by atoms with Gasteiger partial charge in [0, 0.05) is 12.1 Å². The van der Waals surface area contributed by atoms with E-state index in [1.54, 1.807) is 0 Å². The Hall–Kier alpha value is -1.58.